The van der Waals surface area contributed by atoms with E-state index in [0.29, 0.717) is 12.8 Å². The van der Waals surface area contributed by atoms with Crippen LogP contribution in [0.3, 0.4) is 0 Å². The van der Waals surface area contributed by atoms with Gasteiger partial charge in [0.2, 0.25) is 0 Å². The third kappa shape index (κ3) is 3.73. The number of nitrogens with one attached hydrogen (secondary N) is 1. The normalized spacial score (nSPS) is 20.2. The Balaban J connectivity index is 2.18. The highest BCUT2D eigenvalue weighted by Crippen LogP contribution is 2.27. The summed E-state index contributed by atoms with van der Waals surface area (Å²) in [6, 6.07) is 0. The van der Waals surface area contributed by atoms with E-state index in [9.17, 15) is 13.2 Å². The van der Waals surface area contributed by atoms with Gasteiger partial charge in [-0.15, -0.1) is 0 Å². The van der Waals surface area contributed by atoms with Crippen LogP contribution in [-0.2, 0) is 15.0 Å². The van der Waals surface area contributed by atoms with E-state index < -0.39 is 22.1 Å². The molecule has 11 heteroatoms. The first-order valence-corrected chi connectivity index (χ1v) is 8.17. The van der Waals surface area contributed by atoms with Crippen LogP contribution in [0.2, 0.25) is 10.2 Å². The van der Waals surface area contributed by atoms with Gasteiger partial charge in [-0.05, 0) is 12.8 Å². The molecule has 1 aliphatic rings. The molecule has 2 N–H and O–H groups in total. The van der Waals surface area contributed by atoms with Crippen molar-refractivity contribution >= 4 is 45.2 Å². The highest BCUT2D eigenvalue weighted by molar-refractivity contribution is 7.90. The van der Waals surface area contributed by atoms with Crippen molar-refractivity contribution in [2.75, 3.05) is 17.8 Å². The predicted molar refractivity (Wildman–Crippen MR) is 76.5 cm³/mol. The van der Waals surface area contributed by atoms with Crippen LogP contribution >= 0.6 is 23.2 Å². The number of nitrogens with zero attached hydrogens (tertiary/aromatic N) is 3. The number of anilines is 1. The van der Waals surface area contributed by atoms with Crippen molar-refractivity contribution in [3.8, 4) is 0 Å². The van der Waals surface area contributed by atoms with Crippen LogP contribution in [0.5, 0.6) is 0 Å². The summed E-state index contributed by atoms with van der Waals surface area (Å²) in [5.41, 5.74) is 0. The maximum absolute atomic E-state index is 12.2. The van der Waals surface area contributed by atoms with E-state index in [4.69, 9.17) is 28.3 Å². The second kappa shape index (κ2) is 6.30. The number of carboxylic acids is 1. The summed E-state index contributed by atoms with van der Waals surface area (Å²) >= 11 is 11.5. The minimum absolute atomic E-state index is 0.0774. The molecule has 0 radical (unpaired) electrons. The van der Waals surface area contributed by atoms with Gasteiger partial charge in [-0.1, -0.05) is 23.2 Å². The standard InChI is InChI=1S/C10H12Cl2N4O4S/c11-7-8(12)13-5-14-9(7)15-21(19,20)16-3-1-2-6(4-16)10(17)18/h5-6H,1-4H2,(H,17,18)(H,13,14,15). The first kappa shape index (κ1) is 16.2. The fourth-order valence-electron chi connectivity index (χ4n) is 1.97. The van der Waals surface area contributed by atoms with E-state index in [0.717, 1.165) is 10.6 Å². The van der Waals surface area contributed by atoms with Gasteiger partial charge in [-0.3, -0.25) is 9.52 Å². The van der Waals surface area contributed by atoms with Crippen LogP contribution in [0.15, 0.2) is 6.33 Å². The van der Waals surface area contributed by atoms with Crippen LogP contribution < -0.4 is 4.72 Å². The molecule has 0 spiro atoms. The molecule has 21 heavy (non-hydrogen) atoms. The average molecular weight is 355 g/mol. The van der Waals surface area contributed by atoms with Crippen LogP contribution in [0, 0.1) is 5.92 Å². The summed E-state index contributed by atoms with van der Waals surface area (Å²) in [5.74, 6) is -1.88. The van der Waals surface area contributed by atoms with Crippen LogP contribution in [0.25, 0.3) is 0 Å². The van der Waals surface area contributed by atoms with Crippen LogP contribution in [0.1, 0.15) is 12.8 Å². The van der Waals surface area contributed by atoms with Crippen molar-refractivity contribution in [3.05, 3.63) is 16.5 Å². The summed E-state index contributed by atoms with van der Waals surface area (Å²) in [6.07, 6.45) is 1.99. The molecule has 1 fully saturated rings. The number of aliphatic carboxylic acids is 1. The number of aromatic nitrogens is 2. The third-order valence-corrected chi connectivity index (χ3v) is 5.25. The van der Waals surface area contributed by atoms with Gasteiger partial charge >= 0.3 is 16.2 Å². The van der Waals surface area contributed by atoms with Gasteiger partial charge in [0.15, 0.2) is 11.0 Å². The number of carbonyl (C=O) groups is 1. The molecule has 1 saturated heterocycles. The maximum Gasteiger partial charge on any atom is 0.307 e. The molecule has 1 unspecified atom stereocenters. The fraction of sp³-hybridized carbons (Fsp3) is 0.500. The van der Waals surface area contributed by atoms with Crippen molar-refractivity contribution in [1.82, 2.24) is 14.3 Å². The van der Waals surface area contributed by atoms with Gasteiger partial charge in [0.25, 0.3) is 0 Å². The molecule has 1 aromatic heterocycles. The Labute approximate surface area is 131 Å². The molecule has 0 bridgehead atoms. The molecule has 1 atom stereocenters. The second-order valence-corrected chi connectivity index (χ2v) is 6.88. The zero-order valence-electron chi connectivity index (χ0n) is 10.7. The van der Waals surface area contributed by atoms with Gasteiger partial charge in [-0.2, -0.15) is 12.7 Å². The molecule has 0 aliphatic carbocycles. The largest absolute Gasteiger partial charge is 0.481 e. The van der Waals surface area contributed by atoms with Gasteiger partial charge in [0.1, 0.15) is 11.3 Å². The molecule has 1 aromatic rings. The zero-order chi connectivity index (χ0) is 15.6. The van der Waals surface area contributed by atoms with Crippen molar-refractivity contribution in [3.63, 3.8) is 0 Å². The summed E-state index contributed by atoms with van der Waals surface area (Å²) in [6.45, 7) is 0.136. The van der Waals surface area contributed by atoms with Crippen LogP contribution in [0.4, 0.5) is 5.82 Å². The molecule has 8 nitrogen and oxygen atoms in total. The zero-order valence-corrected chi connectivity index (χ0v) is 13.0. The molecular weight excluding hydrogens is 343 g/mol. The molecule has 1 aliphatic heterocycles. The van der Waals surface area contributed by atoms with Gasteiger partial charge in [0.05, 0.1) is 5.92 Å². The maximum atomic E-state index is 12.2. The van der Waals surface area contributed by atoms with Crippen molar-refractivity contribution in [2.45, 2.75) is 12.8 Å². The Morgan fingerprint density at radius 2 is 2.14 bits per heavy atom. The van der Waals surface area contributed by atoms with E-state index >= 15 is 0 Å². The van der Waals surface area contributed by atoms with E-state index in [1.807, 2.05) is 0 Å². The number of hydrogen-bond acceptors (Lipinski definition) is 5. The predicted octanol–water partition coefficient (Wildman–Crippen LogP) is 1.24. The number of carboxylic acid groups (broad SMARTS) is 1. The molecule has 0 saturated carbocycles. The Bertz CT molecular complexity index is 654. The monoisotopic (exact) mass is 354 g/mol. The van der Waals surface area contributed by atoms with Crippen molar-refractivity contribution in [1.29, 1.82) is 0 Å². The van der Waals surface area contributed by atoms with E-state index in [1.54, 1.807) is 0 Å². The highest BCUT2D eigenvalue weighted by atomic mass is 35.5. The highest BCUT2D eigenvalue weighted by Gasteiger charge is 2.32. The molecule has 2 heterocycles. The van der Waals surface area contributed by atoms with E-state index in [2.05, 4.69) is 14.7 Å². The molecule has 0 aromatic carbocycles. The third-order valence-electron chi connectivity index (χ3n) is 3.05. The summed E-state index contributed by atoms with van der Waals surface area (Å²) < 4.78 is 27.7. The van der Waals surface area contributed by atoms with Gasteiger partial charge in [-0.25, -0.2) is 9.97 Å². The van der Waals surface area contributed by atoms with Crippen molar-refractivity contribution in [2.24, 2.45) is 5.92 Å². The van der Waals surface area contributed by atoms with Gasteiger partial charge in [0, 0.05) is 13.1 Å². The van der Waals surface area contributed by atoms with E-state index in [1.165, 1.54) is 0 Å². The lowest BCUT2D eigenvalue weighted by Gasteiger charge is -2.29. The minimum Gasteiger partial charge on any atom is -0.481 e. The Morgan fingerprint density at radius 3 is 2.81 bits per heavy atom. The fourth-order valence-corrected chi connectivity index (χ4v) is 3.58. The Morgan fingerprint density at radius 1 is 1.43 bits per heavy atom. The second-order valence-electron chi connectivity index (χ2n) is 4.47. The average Bonchev–Trinajstić information content (AvgIpc) is 2.44. The van der Waals surface area contributed by atoms with E-state index in [-0.39, 0.29) is 29.1 Å². The lowest BCUT2D eigenvalue weighted by Crippen LogP contribution is -2.44. The lowest BCUT2D eigenvalue weighted by molar-refractivity contribution is -0.142. The minimum atomic E-state index is -3.96. The lowest BCUT2D eigenvalue weighted by atomic mass is 10.0. The number of piperidine rings is 1. The Hall–Kier alpha value is -1.16. The van der Waals surface area contributed by atoms with Crippen LogP contribution in [-0.4, -0.2) is 46.9 Å². The topological polar surface area (TPSA) is 112 Å². The van der Waals surface area contributed by atoms with Crippen molar-refractivity contribution < 1.29 is 18.3 Å². The Kier molecular flexibility index (Phi) is 4.87. The molecule has 0 amide bonds. The first-order valence-electron chi connectivity index (χ1n) is 5.98. The van der Waals surface area contributed by atoms with Gasteiger partial charge < -0.3 is 5.11 Å². The molecule has 116 valence electrons. The number of rotatable bonds is 4. The number of hydrogen-bond donors (Lipinski definition) is 2. The summed E-state index contributed by atoms with van der Waals surface area (Å²) in [7, 11) is -3.96. The summed E-state index contributed by atoms with van der Waals surface area (Å²) in [4.78, 5) is 18.3. The quantitative estimate of drug-likeness (QED) is 0.786. The molecule has 2 rings (SSSR count). The number of halogens is 2. The summed E-state index contributed by atoms with van der Waals surface area (Å²) in [5, 5.41) is 8.80. The smallest absolute Gasteiger partial charge is 0.307 e. The first-order chi connectivity index (χ1) is 9.81. The SMILES string of the molecule is O=C(O)C1CCCN(S(=O)(=O)Nc2ncnc(Cl)c2Cl)C1. The molecular formula is C10H12Cl2N4O4S.